The average Bonchev–Trinajstić information content (AvgIpc) is 3.36. The van der Waals surface area contributed by atoms with Gasteiger partial charge in [-0.2, -0.15) is 0 Å². The summed E-state index contributed by atoms with van der Waals surface area (Å²) in [7, 11) is 3.52. The summed E-state index contributed by atoms with van der Waals surface area (Å²) < 4.78 is 7.42. The molecule has 1 aromatic carbocycles. The number of methoxy groups -OCH3 is 1. The van der Waals surface area contributed by atoms with Gasteiger partial charge >= 0.3 is 0 Å². The maximum Gasteiger partial charge on any atom is 0.222 e. The van der Waals surface area contributed by atoms with Crippen molar-refractivity contribution in [2.24, 2.45) is 5.92 Å². The van der Waals surface area contributed by atoms with E-state index in [1.165, 1.54) is 0 Å². The molecule has 0 saturated carbocycles. The Bertz CT molecular complexity index is 933. The second-order valence-corrected chi connectivity index (χ2v) is 7.54. The second kappa shape index (κ2) is 6.92. The van der Waals surface area contributed by atoms with Gasteiger partial charge in [-0.25, -0.2) is 9.97 Å². The number of benzene rings is 1. The third kappa shape index (κ3) is 3.22. The van der Waals surface area contributed by atoms with E-state index >= 15 is 0 Å². The van der Waals surface area contributed by atoms with Crippen LogP contribution in [0.3, 0.4) is 0 Å². The van der Waals surface area contributed by atoms with Gasteiger partial charge in [0.1, 0.15) is 10.8 Å². The Labute approximate surface area is 156 Å². The molecule has 1 fully saturated rings. The molecule has 1 atom stereocenters. The summed E-state index contributed by atoms with van der Waals surface area (Å²) in [6, 6.07) is 7.89. The molecule has 1 aliphatic heterocycles. The van der Waals surface area contributed by atoms with Crippen LogP contribution in [0, 0.1) is 5.92 Å². The van der Waals surface area contributed by atoms with Crippen molar-refractivity contribution < 1.29 is 9.53 Å². The number of hydrogen-bond acceptors (Lipinski definition) is 5. The maximum absolute atomic E-state index is 11.8. The molecule has 1 aliphatic rings. The molecular weight excluding hydrogens is 348 g/mol. The third-order valence-corrected chi connectivity index (χ3v) is 5.68. The zero-order chi connectivity index (χ0) is 18.1. The molecule has 0 N–H and O–H groups in total. The SMILES string of the molecule is COc1cccc(-c2ncc(-c3nccn3CC3CC(=O)N(C)C3)s2)c1. The number of rotatable bonds is 5. The van der Waals surface area contributed by atoms with Crippen LogP contribution in [0.15, 0.2) is 42.9 Å². The number of carbonyl (C=O) groups excluding carboxylic acids is 1. The van der Waals surface area contributed by atoms with Gasteiger partial charge in [-0.15, -0.1) is 11.3 Å². The second-order valence-electron chi connectivity index (χ2n) is 6.51. The fourth-order valence-electron chi connectivity index (χ4n) is 3.31. The highest BCUT2D eigenvalue weighted by atomic mass is 32.1. The van der Waals surface area contributed by atoms with Crippen LogP contribution in [0.25, 0.3) is 21.3 Å². The summed E-state index contributed by atoms with van der Waals surface area (Å²) in [5.74, 6) is 2.26. The van der Waals surface area contributed by atoms with Crippen molar-refractivity contribution in [3.63, 3.8) is 0 Å². The number of aromatic nitrogens is 3. The normalized spacial score (nSPS) is 17.1. The number of nitrogens with zero attached hydrogens (tertiary/aromatic N) is 4. The van der Waals surface area contributed by atoms with Gasteiger partial charge in [0.05, 0.1) is 12.0 Å². The lowest BCUT2D eigenvalue weighted by molar-refractivity contribution is -0.126. The first-order chi connectivity index (χ1) is 12.6. The number of imidazole rings is 1. The summed E-state index contributed by atoms with van der Waals surface area (Å²) in [4.78, 5) is 23.7. The highest BCUT2D eigenvalue weighted by molar-refractivity contribution is 7.18. The molecule has 2 aromatic heterocycles. The fraction of sp³-hybridized carbons (Fsp3) is 0.316. The number of thiazole rings is 1. The molecule has 7 heteroatoms. The fourth-order valence-corrected chi connectivity index (χ4v) is 4.23. The van der Waals surface area contributed by atoms with Crippen LogP contribution in [0.4, 0.5) is 0 Å². The van der Waals surface area contributed by atoms with Crippen molar-refractivity contribution in [3.05, 3.63) is 42.9 Å². The number of amides is 1. The van der Waals surface area contributed by atoms with Crippen molar-refractivity contribution in [1.82, 2.24) is 19.4 Å². The lowest BCUT2D eigenvalue weighted by atomic mass is 10.1. The average molecular weight is 368 g/mol. The van der Waals surface area contributed by atoms with Gasteiger partial charge in [0, 0.05) is 56.6 Å². The van der Waals surface area contributed by atoms with Crippen LogP contribution in [0.1, 0.15) is 6.42 Å². The predicted octanol–water partition coefficient (Wildman–Crippen LogP) is 3.16. The van der Waals surface area contributed by atoms with E-state index in [0.717, 1.165) is 40.1 Å². The van der Waals surface area contributed by atoms with Crippen LogP contribution in [0.5, 0.6) is 5.75 Å². The molecule has 0 spiro atoms. The number of hydrogen-bond donors (Lipinski definition) is 0. The quantitative estimate of drug-likeness (QED) is 0.694. The van der Waals surface area contributed by atoms with Crippen LogP contribution in [0.2, 0.25) is 0 Å². The molecule has 26 heavy (non-hydrogen) atoms. The maximum atomic E-state index is 11.8. The van der Waals surface area contributed by atoms with E-state index in [0.29, 0.717) is 12.3 Å². The van der Waals surface area contributed by atoms with E-state index in [9.17, 15) is 4.79 Å². The first-order valence-electron chi connectivity index (χ1n) is 8.50. The number of likely N-dealkylation sites (tertiary alicyclic amines) is 1. The van der Waals surface area contributed by atoms with Crippen molar-refractivity contribution in [2.45, 2.75) is 13.0 Å². The van der Waals surface area contributed by atoms with Crippen LogP contribution >= 0.6 is 11.3 Å². The molecule has 0 radical (unpaired) electrons. The molecule has 4 rings (SSSR count). The molecule has 3 aromatic rings. The van der Waals surface area contributed by atoms with Crippen molar-refractivity contribution in [3.8, 4) is 27.0 Å². The van der Waals surface area contributed by atoms with Crippen molar-refractivity contribution in [1.29, 1.82) is 0 Å². The minimum atomic E-state index is 0.217. The minimum absolute atomic E-state index is 0.217. The largest absolute Gasteiger partial charge is 0.497 e. The monoisotopic (exact) mass is 368 g/mol. The zero-order valence-electron chi connectivity index (χ0n) is 14.8. The molecule has 3 heterocycles. The van der Waals surface area contributed by atoms with Gasteiger partial charge in [-0.3, -0.25) is 4.79 Å². The summed E-state index contributed by atoms with van der Waals surface area (Å²) in [6.07, 6.45) is 6.25. The molecule has 1 saturated heterocycles. The number of ether oxygens (including phenoxy) is 1. The summed E-state index contributed by atoms with van der Waals surface area (Å²) in [5.41, 5.74) is 1.03. The van der Waals surface area contributed by atoms with Gasteiger partial charge in [0.15, 0.2) is 5.82 Å². The Morgan fingerprint density at radius 2 is 2.23 bits per heavy atom. The standard InChI is InChI=1S/C19H20N4O2S/c1-22-11-13(8-17(22)24)12-23-7-6-20-18(23)16-10-21-19(26-16)14-4-3-5-15(9-14)25-2/h3-7,9-10,13H,8,11-12H2,1-2H3. The molecule has 0 aliphatic carbocycles. The Morgan fingerprint density at radius 1 is 1.35 bits per heavy atom. The molecule has 134 valence electrons. The minimum Gasteiger partial charge on any atom is -0.497 e. The Balaban J connectivity index is 1.57. The Morgan fingerprint density at radius 3 is 3.00 bits per heavy atom. The van der Waals surface area contributed by atoms with Crippen LogP contribution < -0.4 is 4.74 Å². The molecule has 1 unspecified atom stereocenters. The van der Waals surface area contributed by atoms with Crippen molar-refractivity contribution >= 4 is 17.2 Å². The van der Waals surface area contributed by atoms with Gasteiger partial charge in [-0.1, -0.05) is 12.1 Å². The van der Waals surface area contributed by atoms with Gasteiger partial charge in [0.25, 0.3) is 0 Å². The van der Waals surface area contributed by atoms with Gasteiger partial charge < -0.3 is 14.2 Å². The van der Waals surface area contributed by atoms with Crippen molar-refractivity contribution in [2.75, 3.05) is 20.7 Å². The Hall–Kier alpha value is -2.67. The predicted molar refractivity (Wildman–Crippen MR) is 101 cm³/mol. The summed E-state index contributed by atoms with van der Waals surface area (Å²) in [6.45, 7) is 1.59. The van der Waals surface area contributed by atoms with E-state index < -0.39 is 0 Å². The topological polar surface area (TPSA) is 60.3 Å². The van der Waals surface area contributed by atoms with Gasteiger partial charge in [0.2, 0.25) is 5.91 Å². The summed E-state index contributed by atoms with van der Waals surface area (Å²) >= 11 is 1.61. The molecular formula is C19H20N4O2S. The van der Waals surface area contributed by atoms with E-state index in [1.807, 2.05) is 43.7 Å². The molecule has 6 nitrogen and oxygen atoms in total. The highest BCUT2D eigenvalue weighted by Crippen LogP contribution is 2.33. The first-order valence-corrected chi connectivity index (χ1v) is 9.31. The highest BCUT2D eigenvalue weighted by Gasteiger charge is 2.27. The third-order valence-electron chi connectivity index (χ3n) is 4.63. The summed E-state index contributed by atoms with van der Waals surface area (Å²) in [5, 5.41) is 0.934. The van der Waals surface area contributed by atoms with Crippen LogP contribution in [-0.2, 0) is 11.3 Å². The lowest BCUT2D eigenvalue weighted by Crippen LogP contribution is -2.20. The molecule has 0 bridgehead atoms. The Kier molecular flexibility index (Phi) is 4.46. The zero-order valence-corrected chi connectivity index (χ0v) is 15.6. The van der Waals surface area contributed by atoms with E-state index in [2.05, 4.69) is 14.5 Å². The van der Waals surface area contributed by atoms with E-state index in [1.54, 1.807) is 29.5 Å². The van der Waals surface area contributed by atoms with Gasteiger partial charge in [-0.05, 0) is 12.1 Å². The van der Waals surface area contributed by atoms with E-state index in [-0.39, 0.29) is 5.91 Å². The number of carbonyl (C=O) groups is 1. The van der Waals surface area contributed by atoms with E-state index in [4.69, 9.17) is 4.74 Å². The van der Waals surface area contributed by atoms with Crippen LogP contribution in [-0.4, -0.2) is 46.0 Å². The lowest BCUT2D eigenvalue weighted by Gasteiger charge is -2.12. The molecule has 1 amide bonds. The first kappa shape index (κ1) is 16.8. The smallest absolute Gasteiger partial charge is 0.222 e.